The van der Waals surface area contributed by atoms with Crippen LogP contribution in [0, 0.1) is 16.7 Å². The van der Waals surface area contributed by atoms with Crippen LogP contribution in [-0.4, -0.2) is 47.0 Å². The number of piperidine rings is 1. The first kappa shape index (κ1) is 28.4. The zero-order valence-electron chi connectivity index (χ0n) is 26.7. The van der Waals surface area contributed by atoms with E-state index in [-0.39, 0.29) is 34.3 Å². The van der Waals surface area contributed by atoms with Crippen LogP contribution in [0.2, 0.25) is 0 Å². The Hall–Kier alpha value is -3.12. The molecule has 0 amide bonds. The number of aliphatic hydroxyl groups is 1. The van der Waals surface area contributed by atoms with Crippen LogP contribution in [0.5, 0.6) is 11.5 Å². The van der Waals surface area contributed by atoms with Crippen molar-refractivity contribution in [3.05, 3.63) is 107 Å². The van der Waals surface area contributed by atoms with E-state index in [9.17, 15) is 5.11 Å². The highest BCUT2D eigenvalue weighted by Crippen LogP contribution is 2.76. The number of hydrogen-bond donors (Lipinski definition) is 1. The molecule has 230 valence electrons. The van der Waals surface area contributed by atoms with Crippen LogP contribution >= 0.6 is 0 Å². The minimum Gasteiger partial charge on any atom is -0.485 e. The molecule has 6 aliphatic rings. The summed E-state index contributed by atoms with van der Waals surface area (Å²) in [5.41, 5.74) is 2.60. The summed E-state index contributed by atoms with van der Waals surface area (Å²) in [5, 5.41) is 12.5. The number of benzene rings is 3. The Balaban J connectivity index is 1.30. The van der Waals surface area contributed by atoms with Crippen LogP contribution in [-0.2, 0) is 29.7 Å². The molecule has 1 saturated heterocycles. The number of likely N-dealkylation sites (tertiary alicyclic amines) is 1. The summed E-state index contributed by atoms with van der Waals surface area (Å²) in [6.07, 6.45) is 7.32. The lowest BCUT2D eigenvalue weighted by Crippen LogP contribution is -2.81. The van der Waals surface area contributed by atoms with Gasteiger partial charge < -0.3 is 19.3 Å². The number of fused-ring (bicyclic) bond motifs is 1. The summed E-state index contributed by atoms with van der Waals surface area (Å²) in [4.78, 5) is 2.72. The largest absolute Gasteiger partial charge is 0.485 e. The van der Waals surface area contributed by atoms with E-state index in [4.69, 9.17) is 14.2 Å². The summed E-state index contributed by atoms with van der Waals surface area (Å²) in [6, 6.07) is 25.9. The summed E-state index contributed by atoms with van der Waals surface area (Å²) in [7, 11) is 1.82. The van der Waals surface area contributed by atoms with Crippen molar-refractivity contribution in [3.63, 3.8) is 0 Å². The second kappa shape index (κ2) is 9.45. The predicted octanol–water partition coefficient (Wildman–Crippen LogP) is 6.85. The maximum absolute atomic E-state index is 12.5. The van der Waals surface area contributed by atoms with Crippen LogP contribution in [0.3, 0.4) is 0 Å². The second-order valence-corrected chi connectivity index (χ2v) is 15.2. The quantitative estimate of drug-likeness (QED) is 0.305. The first-order valence-corrected chi connectivity index (χ1v) is 16.3. The SMILES string of the molecule is CO[C@]12C=C[C@@]3(C[C@@H]1[C@](C)(O)C(C)(C)C)[C@H]1Cc4ccc(OCc5ccccc5)c5c4[C@@]3(CCN1Cc1ccccc1)[C@H]2O5. The molecule has 1 N–H and O–H groups in total. The van der Waals surface area contributed by atoms with Crippen LogP contribution in [0.4, 0.5) is 0 Å². The van der Waals surface area contributed by atoms with Gasteiger partial charge in [-0.3, -0.25) is 4.90 Å². The fourth-order valence-corrected chi connectivity index (χ4v) is 9.93. The zero-order valence-corrected chi connectivity index (χ0v) is 26.7. The normalized spacial score (nSPS) is 34.3. The van der Waals surface area contributed by atoms with Gasteiger partial charge in [0.05, 0.1) is 11.0 Å². The van der Waals surface area contributed by atoms with Crippen molar-refractivity contribution in [1.29, 1.82) is 0 Å². The van der Waals surface area contributed by atoms with Gasteiger partial charge in [0.25, 0.3) is 0 Å². The topological polar surface area (TPSA) is 51.2 Å². The molecule has 9 rings (SSSR count). The van der Waals surface area contributed by atoms with Gasteiger partial charge in [0.2, 0.25) is 0 Å². The summed E-state index contributed by atoms with van der Waals surface area (Å²) in [6.45, 7) is 10.9. The molecular weight excluding hydrogens is 546 g/mol. The van der Waals surface area contributed by atoms with Gasteiger partial charge in [-0.2, -0.15) is 0 Å². The number of hydrogen-bond acceptors (Lipinski definition) is 5. The van der Waals surface area contributed by atoms with Crippen molar-refractivity contribution in [3.8, 4) is 11.5 Å². The Morgan fingerprint density at radius 3 is 2.32 bits per heavy atom. The lowest BCUT2D eigenvalue weighted by Gasteiger charge is -2.73. The van der Waals surface area contributed by atoms with Gasteiger partial charge in [0, 0.05) is 36.6 Å². The Bertz CT molecular complexity index is 1610. The van der Waals surface area contributed by atoms with Crippen LogP contribution < -0.4 is 9.47 Å². The van der Waals surface area contributed by atoms with Crippen LogP contribution in [0.15, 0.2) is 84.9 Å². The van der Waals surface area contributed by atoms with Gasteiger partial charge in [-0.15, -0.1) is 0 Å². The van der Waals surface area contributed by atoms with Crippen molar-refractivity contribution >= 4 is 0 Å². The predicted molar refractivity (Wildman–Crippen MR) is 172 cm³/mol. The van der Waals surface area contributed by atoms with Gasteiger partial charge >= 0.3 is 0 Å². The molecule has 7 atom stereocenters. The van der Waals surface area contributed by atoms with Crippen molar-refractivity contribution in [2.75, 3.05) is 13.7 Å². The van der Waals surface area contributed by atoms with E-state index in [1.807, 2.05) is 20.1 Å². The highest BCUT2D eigenvalue weighted by molar-refractivity contribution is 5.65. The molecule has 2 spiro atoms. The number of nitrogens with zero attached hydrogens (tertiary/aromatic N) is 1. The first-order chi connectivity index (χ1) is 21.1. The highest BCUT2D eigenvalue weighted by Gasteiger charge is 2.81. The summed E-state index contributed by atoms with van der Waals surface area (Å²) >= 11 is 0. The Kier molecular flexibility index (Phi) is 6.09. The van der Waals surface area contributed by atoms with Crippen molar-refractivity contribution in [2.45, 2.75) is 88.9 Å². The molecule has 4 bridgehead atoms. The third-order valence-electron chi connectivity index (χ3n) is 12.6. The maximum Gasteiger partial charge on any atom is 0.166 e. The third-order valence-corrected chi connectivity index (χ3v) is 12.6. The number of ether oxygens (including phenoxy) is 3. The van der Waals surface area contributed by atoms with E-state index >= 15 is 0 Å². The second-order valence-electron chi connectivity index (χ2n) is 15.2. The zero-order chi connectivity index (χ0) is 30.5. The molecule has 5 heteroatoms. The van der Waals surface area contributed by atoms with Crippen LogP contribution in [0.1, 0.15) is 62.8 Å². The minimum atomic E-state index is -0.994. The monoisotopic (exact) mass is 591 g/mol. The lowest BCUT2D eigenvalue weighted by molar-refractivity contribution is -0.263. The molecule has 5 nitrogen and oxygen atoms in total. The van der Waals surface area contributed by atoms with Gasteiger partial charge in [-0.1, -0.05) is 99.7 Å². The van der Waals surface area contributed by atoms with Gasteiger partial charge in [0.1, 0.15) is 18.3 Å². The summed E-state index contributed by atoms with van der Waals surface area (Å²) < 4.78 is 20.5. The maximum atomic E-state index is 12.5. The fourth-order valence-electron chi connectivity index (χ4n) is 9.93. The van der Waals surface area contributed by atoms with Crippen molar-refractivity contribution in [1.82, 2.24) is 4.90 Å². The third kappa shape index (κ3) is 3.52. The molecule has 0 radical (unpaired) electrons. The fraction of sp³-hybridized carbons (Fsp3) is 0.487. The molecule has 44 heavy (non-hydrogen) atoms. The highest BCUT2D eigenvalue weighted by atomic mass is 16.6. The van der Waals surface area contributed by atoms with E-state index < -0.39 is 11.2 Å². The van der Waals surface area contributed by atoms with E-state index in [1.165, 1.54) is 16.7 Å². The molecule has 2 heterocycles. The smallest absolute Gasteiger partial charge is 0.166 e. The van der Waals surface area contributed by atoms with Crippen molar-refractivity contribution < 1.29 is 19.3 Å². The molecule has 0 aromatic heterocycles. The molecule has 0 unspecified atom stereocenters. The molecule has 3 aromatic carbocycles. The standard InChI is InChI=1S/C39H45NO4/c1-35(2,3)36(4,41)30-23-37-18-19-39(30,42-5)34-38(37)20-21-40(24-26-12-8-6-9-13-26)31(37)22-28-16-17-29(33(44-34)32(28)38)43-25-27-14-10-7-11-15-27/h6-19,30-31,34,41H,20-25H2,1-5H3/t30-,31-,34-,36+,37-,38+,39-/m1/s1. The van der Waals surface area contributed by atoms with Gasteiger partial charge in [0.15, 0.2) is 11.5 Å². The number of rotatable bonds is 7. The molecule has 1 saturated carbocycles. The molecule has 2 fully saturated rings. The Morgan fingerprint density at radius 2 is 1.64 bits per heavy atom. The van der Waals surface area contributed by atoms with Gasteiger partial charge in [-0.05, 0) is 60.9 Å². The van der Waals surface area contributed by atoms with Crippen LogP contribution in [0.25, 0.3) is 0 Å². The average Bonchev–Trinajstić information content (AvgIpc) is 3.39. The molecule has 3 aromatic rings. The molecular formula is C39H45NO4. The van der Waals surface area contributed by atoms with E-state index in [0.717, 1.165) is 49.4 Å². The van der Waals surface area contributed by atoms with E-state index in [0.29, 0.717) is 6.61 Å². The van der Waals surface area contributed by atoms with E-state index in [1.54, 1.807) is 0 Å². The molecule has 2 aliphatic heterocycles. The Labute approximate surface area is 261 Å². The van der Waals surface area contributed by atoms with Crippen molar-refractivity contribution in [2.24, 2.45) is 16.7 Å². The van der Waals surface area contributed by atoms with Gasteiger partial charge in [-0.25, -0.2) is 0 Å². The summed E-state index contributed by atoms with van der Waals surface area (Å²) in [5.74, 6) is 1.55. The van der Waals surface area contributed by atoms with E-state index in [2.05, 4.69) is 105 Å². The Morgan fingerprint density at radius 1 is 0.932 bits per heavy atom. The number of methoxy groups -OCH3 is 1. The minimum absolute atomic E-state index is 0.146. The lowest BCUT2D eigenvalue weighted by atomic mass is 9.35. The average molecular weight is 592 g/mol. The molecule has 4 aliphatic carbocycles. The first-order valence-electron chi connectivity index (χ1n) is 16.3.